The molecule has 2 N–H and O–H groups in total. The van der Waals surface area contributed by atoms with Crippen molar-refractivity contribution in [1.82, 2.24) is 4.90 Å². The summed E-state index contributed by atoms with van der Waals surface area (Å²) in [5.74, 6) is -0.250. The maximum atomic E-state index is 13.0. The van der Waals surface area contributed by atoms with Crippen molar-refractivity contribution in [2.45, 2.75) is 19.1 Å². The minimum atomic E-state index is -1.77. The summed E-state index contributed by atoms with van der Waals surface area (Å²) >= 11 is 6.05. The van der Waals surface area contributed by atoms with Gasteiger partial charge in [-0.1, -0.05) is 29.8 Å². The summed E-state index contributed by atoms with van der Waals surface area (Å²) in [6.07, 6.45) is 0.205. The Hall–Kier alpha value is -2.19. The van der Waals surface area contributed by atoms with E-state index in [1.54, 1.807) is 11.0 Å². The van der Waals surface area contributed by atoms with Crippen LogP contribution in [0, 0.1) is 0 Å². The molecule has 2 atom stereocenters. The van der Waals surface area contributed by atoms with Gasteiger partial charge in [-0.25, -0.2) is 0 Å². The molecule has 6 nitrogen and oxygen atoms in total. The Labute approximate surface area is 162 Å². The molecule has 1 saturated heterocycles. The van der Waals surface area contributed by atoms with Crippen molar-refractivity contribution in [3.63, 3.8) is 0 Å². The first-order valence-corrected chi connectivity index (χ1v) is 8.91. The van der Waals surface area contributed by atoms with Crippen LogP contribution in [-0.4, -0.2) is 53.5 Å². The molecule has 3 rings (SSSR count). The fraction of sp³-hybridized carbons (Fsp3) is 0.263. The molecule has 1 heterocycles. The lowest BCUT2D eigenvalue weighted by Gasteiger charge is -2.38. The Balaban J connectivity index is 1.85. The van der Waals surface area contributed by atoms with Crippen LogP contribution in [0.1, 0.15) is 39.3 Å². The highest BCUT2D eigenvalue weighted by molar-refractivity contribution is 6.60. The van der Waals surface area contributed by atoms with Gasteiger partial charge >= 0.3 is 7.12 Å². The Kier molecular flexibility index (Phi) is 5.96. The average molecular weight is 388 g/mol. The second-order valence-electron chi connectivity index (χ2n) is 6.52. The van der Waals surface area contributed by atoms with Crippen molar-refractivity contribution in [2.24, 2.45) is 0 Å². The number of ether oxygens (including phenoxy) is 1. The van der Waals surface area contributed by atoms with Gasteiger partial charge in [0.15, 0.2) is 0 Å². The molecule has 2 aromatic rings. The third-order valence-corrected chi connectivity index (χ3v) is 4.89. The van der Waals surface area contributed by atoms with Crippen molar-refractivity contribution in [2.75, 3.05) is 13.2 Å². The molecule has 1 aliphatic rings. The standard InChI is InChI=1S/C19H19BClNO5/c1-12-11-27-18(13-3-2-4-16(21)8-13)9-22(12)19(24)14-5-6-17(20(25)26)15(7-14)10-23/h2-8,10,12,18,25-26H,9,11H2,1H3. The molecule has 27 heavy (non-hydrogen) atoms. The minimum absolute atomic E-state index is 0.0633. The van der Waals surface area contributed by atoms with E-state index in [9.17, 15) is 19.6 Å². The summed E-state index contributed by atoms with van der Waals surface area (Å²) in [5.41, 5.74) is 1.33. The van der Waals surface area contributed by atoms with Gasteiger partial charge in [0.1, 0.15) is 12.4 Å². The van der Waals surface area contributed by atoms with Gasteiger partial charge in [-0.3, -0.25) is 9.59 Å². The number of carbonyl (C=O) groups is 2. The molecular weight excluding hydrogens is 368 g/mol. The fourth-order valence-electron chi connectivity index (χ4n) is 3.16. The molecule has 1 aliphatic heterocycles. The molecule has 140 valence electrons. The number of amides is 1. The van der Waals surface area contributed by atoms with Crippen LogP contribution in [-0.2, 0) is 4.74 Å². The summed E-state index contributed by atoms with van der Waals surface area (Å²) in [4.78, 5) is 25.9. The lowest BCUT2D eigenvalue weighted by molar-refractivity contribution is -0.0486. The zero-order chi connectivity index (χ0) is 19.6. The molecular formula is C19H19BClNO5. The van der Waals surface area contributed by atoms with Gasteiger partial charge in [-0.15, -0.1) is 0 Å². The number of halogens is 1. The van der Waals surface area contributed by atoms with E-state index >= 15 is 0 Å². The van der Waals surface area contributed by atoms with Crippen molar-refractivity contribution in [3.05, 3.63) is 64.2 Å². The van der Waals surface area contributed by atoms with Crippen LogP contribution in [0.15, 0.2) is 42.5 Å². The zero-order valence-electron chi connectivity index (χ0n) is 14.7. The number of morpholine rings is 1. The van der Waals surface area contributed by atoms with E-state index in [2.05, 4.69) is 0 Å². The predicted molar refractivity (Wildman–Crippen MR) is 102 cm³/mol. The van der Waals surface area contributed by atoms with Gasteiger partial charge in [0, 0.05) is 16.1 Å². The van der Waals surface area contributed by atoms with Crippen LogP contribution >= 0.6 is 11.6 Å². The normalized spacial score (nSPS) is 19.6. The van der Waals surface area contributed by atoms with Crippen LogP contribution in [0.5, 0.6) is 0 Å². The molecule has 1 fully saturated rings. The highest BCUT2D eigenvalue weighted by atomic mass is 35.5. The van der Waals surface area contributed by atoms with E-state index < -0.39 is 7.12 Å². The van der Waals surface area contributed by atoms with Crippen LogP contribution in [0.25, 0.3) is 0 Å². The van der Waals surface area contributed by atoms with Crippen molar-refractivity contribution >= 4 is 36.4 Å². The van der Waals surface area contributed by atoms with E-state index in [-0.39, 0.29) is 29.1 Å². The van der Waals surface area contributed by atoms with E-state index in [0.717, 1.165) is 5.56 Å². The SMILES string of the molecule is CC1COC(c2cccc(Cl)c2)CN1C(=O)c1ccc(B(O)O)c(C=O)c1. The number of rotatable bonds is 4. The Bertz CT molecular complexity index is 860. The van der Waals surface area contributed by atoms with E-state index in [1.807, 2.05) is 25.1 Å². The molecule has 0 spiro atoms. The fourth-order valence-corrected chi connectivity index (χ4v) is 3.36. The summed E-state index contributed by atoms with van der Waals surface area (Å²) in [5, 5.41) is 19.2. The molecule has 0 aromatic heterocycles. The molecule has 2 unspecified atom stereocenters. The summed E-state index contributed by atoms with van der Waals surface area (Å²) in [7, 11) is -1.77. The maximum absolute atomic E-state index is 13.0. The predicted octanol–water partition coefficient (Wildman–Crippen LogP) is 1.43. The van der Waals surface area contributed by atoms with Crippen LogP contribution in [0.4, 0.5) is 0 Å². The van der Waals surface area contributed by atoms with Crippen LogP contribution < -0.4 is 5.46 Å². The van der Waals surface area contributed by atoms with Gasteiger partial charge in [0.2, 0.25) is 0 Å². The quantitative estimate of drug-likeness (QED) is 0.612. The average Bonchev–Trinajstić information content (AvgIpc) is 2.67. The third-order valence-electron chi connectivity index (χ3n) is 4.65. The molecule has 2 aromatic carbocycles. The van der Waals surface area contributed by atoms with Crippen LogP contribution in [0.3, 0.4) is 0 Å². The highest BCUT2D eigenvalue weighted by Crippen LogP contribution is 2.27. The smallest absolute Gasteiger partial charge is 0.423 e. The van der Waals surface area contributed by atoms with Gasteiger partial charge in [-0.05, 0) is 42.2 Å². The summed E-state index contributed by atoms with van der Waals surface area (Å²) in [6.45, 7) is 2.61. The van der Waals surface area contributed by atoms with Crippen molar-refractivity contribution < 1.29 is 24.4 Å². The van der Waals surface area contributed by atoms with E-state index in [4.69, 9.17) is 16.3 Å². The van der Waals surface area contributed by atoms with E-state index in [0.29, 0.717) is 30.0 Å². The zero-order valence-corrected chi connectivity index (χ0v) is 15.5. The Morgan fingerprint density at radius 1 is 1.30 bits per heavy atom. The van der Waals surface area contributed by atoms with Crippen LogP contribution in [0.2, 0.25) is 5.02 Å². The number of aldehydes is 1. The number of carbonyl (C=O) groups excluding carboxylic acids is 2. The second kappa shape index (κ2) is 8.23. The Morgan fingerprint density at radius 2 is 2.07 bits per heavy atom. The van der Waals surface area contributed by atoms with Gasteiger partial charge in [0.05, 0.1) is 19.2 Å². The minimum Gasteiger partial charge on any atom is -0.423 e. The first-order chi connectivity index (χ1) is 12.9. The van der Waals surface area contributed by atoms with Crippen molar-refractivity contribution in [1.29, 1.82) is 0 Å². The van der Waals surface area contributed by atoms with Gasteiger partial charge in [0.25, 0.3) is 5.91 Å². The molecule has 0 radical (unpaired) electrons. The number of hydrogen-bond acceptors (Lipinski definition) is 5. The molecule has 0 bridgehead atoms. The monoisotopic (exact) mass is 387 g/mol. The molecule has 0 aliphatic carbocycles. The summed E-state index contributed by atoms with van der Waals surface area (Å²) < 4.78 is 5.87. The second-order valence-corrected chi connectivity index (χ2v) is 6.96. The van der Waals surface area contributed by atoms with Crippen molar-refractivity contribution in [3.8, 4) is 0 Å². The van der Waals surface area contributed by atoms with E-state index in [1.165, 1.54) is 18.2 Å². The lowest BCUT2D eigenvalue weighted by Crippen LogP contribution is -2.48. The largest absolute Gasteiger partial charge is 0.489 e. The molecule has 0 saturated carbocycles. The lowest BCUT2D eigenvalue weighted by atomic mass is 9.76. The summed E-state index contributed by atoms with van der Waals surface area (Å²) in [6, 6.07) is 11.4. The number of hydrogen-bond donors (Lipinski definition) is 2. The van der Waals surface area contributed by atoms with Gasteiger partial charge in [-0.2, -0.15) is 0 Å². The molecule has 1 amide bonds. The Morgan fingerprint density at radius 3 is 2.74 bits per heavy atom. The highest BCUT2D eigenvalue weighted by Gasteiger charge is 2.31. The molecule has 8 heteroatoms. The third kappa shape index (κ3) is 4.22. The first kappa shape index (κ1) is 19.6. The maximum Gasteiger partial charge on any atom is 0.489 e. The topological polar surface area (TPSA) is 87.1 Å². The number of benzene rings is 2. The number of nitrogens with zero attached hydrogens (tertiary/aromatic N) is 1. The first-order valence-electron chi connectivity index (χ1n) is 8.54. The van der Waals surface area contributed by atoms with Gasteiger partial charge < -0.3 is 19.7 Å².